The number of benzene rings is 1. The van der Waals surface area contributed by atoms with Crippen molar-refractivity contribution in [3.05, 3.63) is 34.9 Å². The summed E-state index contributed by atoms with van der Waals surface area (Å²) < 4.78 is 4.49. The highest BCUT2D eigenvalue weighted by Gasteiger charge is 2.17. The minimum Gasteiger partial charge on any atom is -0.479 e. The van der Waals surface area contributed by atoms with Crippen LogP contribution in [0.5, 0.6) is 0 Å². The Morgan fingerprint density at radius 3 is 2.63 bits per heavy atom. The smallest absolute Gasteiger partial charge is 0.337 e. The van der Waals surface area contributed by atoms with Gasteiger partial charge in [0.2, 0.25) is 0 Å². The van der Waals surface area contributed by atoms with Gasteiger partial charge in [0, 0.05) is 12.0 Å². The number of aliphatic carboxylic acids is 1. The molecule has 1 aromatic carbocycles. The van der Waals surface area contributed by atoms with Crippen molar-refractivity contribution in [2.45, 2.75) is 18.9 Å². The first-order valence-electron chi connectivity index (χ1n) is 5.55. The van der Waals surface area contributed by atoms with Crippen LogP contribution in [-0.4, -0.2) is 35.5 Å². The number of aldehydes is 1. The van der Waals surface area contributed by atoms with Crippen LogP contribution >= 0.6 is 0 Å². The van der Waals surface area contributed by atoms with E-state index in [2.05, 4.69) is 4.74 Å². The van der Waals surface area contributed by atoms with Crippen molar-refractivity contribution in [1.82, 2.24) is 0 Å². The maximum absolute atomic E-state index is 11.1. The number of methoxy groups -OCH3 is 1. The van der Waals surface area contributed by atoms with Crippen LogP contribution in [0.2, 0.25) is 0 Å². The van der Waals surface area contributed by atoms with Crippen molar-refractivity contribution < 1.29 is 29.3 Å². The zero-order chi connectivity index (χ0) is 14.4. The van der Waals surface area contributed by atoms with Gasteiger partial charge in [-0.15, -0.1) is 0 Å². The molecule has 0 radical (unpaired) electrons. The van der Waals surface area contributed by atoms with Gasteiger partial charge >= 0.3 is 11.9 Å². The molecule has 0 heterocycles. The summed E-state index contributed by atoms with van der Waals surface area (Å²) in [6.07, 6.45) is -0.730. The van der Waals surface area contributed by atoms with E-state index >= 15 is 0 Å². The number of hydrogen-bond donors (Lipinski definition) is 2. The molecule has 0 fully saturated rings. The molecular formula is C13H14O6. The number of carbonyl (C=O) groups excluding carboxylic acids is 2. The van der Waals surface area contributed by atoms with Gasteiger partial charge in [-0.3, -0.25) is 9.59 Å². The van der Waals surface area contributed by atoms with E-state index in [-0.39, 0.29) is 18.4 Å². The normalized spacial score (nSPS) is 11.7. The fourth-order valence-corrected chi connectivity index (χ4v) is 1.61. The first kappa shape index (κ1) is 14.8. The van der Waals surface area contributed by atoms with Crippen molar-refractivity contribution >= 4 is 18.2 Å². The second kappa shape index (κ2) is 6.65. The number of rotatable bonds is 6. The summed E-state index contributed by atoms with van der Waals surface area (Å²) in [6, 6.07) is 4.19. The van der Waals surface area contributed by atoms with Gasteiger partial charge in [0.05, 0.1) is 7.11 Å². The second-order valence-corrected chi connectivity index (χ2v) is 3.89. The Bertz CT molecular complexity index is 494. The highest BCUT2D eigenvalue weighted by molar-refractivity contribution is 5.79. The van der Waals surface area contributed by atoms with Crippen molar-refractivity contribution in [1.29, 1.82) is 0 Å². The van der Waals surface area contributed by atoms with Gasteiger partial charge < -0.3 is 14.9 Å². The minimum absolute atomic E-state index is 0.0734. The average molecular weight is 266 g/mol. The van der Waals surface area contributed by atoms with Crippen LogP contribution in [0.1, 0.15) is 34.0 Å². The van der Waals surface area contributed by atoms with Gasteiger partial charge in [-0.05, 0) is 17.5 Å². The SMILES string of the molecule is COC(=O)CCc1cc(C(O)C(=O)O)ccc1C=O. The van der Waals surface area contributed by atoms with E-state index in [0.717, 1.165) is 0 Å². The summed E-state index contributed by atoms with van der Waals surface area (Å²) in [7, 11) is 1.26. The molecule has 1 rings (SSSR count). The Kier molecular flexibility index (Phi) is 5.20. The molecule has 0 saturated heterocycles. The minimum atomic E-state index is -1.66. The van der Waals surface area contributed by atoms with Gasteiger partial charge in [-0.25, -0.2) is 4.79 Å². The van der Waals surface area contributed by atoms with Gasteiger partial charge in [0.1, 0.15) is 6.29 Å². The van der Waals surface area contributed by atoms with Crippen LogP contribution in [0.4, 0.5) is 0 Å². The molecule has 1 aromatic rings. The zero-order valence-corrected chi connectivity index (χ0v) is 10.3. The lowest BCUT2D eigenvalue weighted by molar-refractivity contribution is -0.147. The van der Waals surface area contributed by atoms with E-state index in [0.29, 0.717) is 17.4 Å². The van der Waals surface area contributed by atoms with Crippen molar-refractivity contribution in [3.63, 3.8) is 0 Å². The highest BCUT2D eigenvalue weighted by Crippen LogP contribution is 2.19. The fourth-order valence-electron chi connectivity index (χ4n) is 1.61. The number of aliphatic hydroxyl groups excluding tert-OH is 1. The molecule has 1 unspecified atom stereocenters. The first-order valence-corrected chi connectivity index (χ1v) is 5.55. The summed E-state index contributed by atoms with van der Waals surface area (Å²) in [4.78, 5) is 32.6. The summed E-state index contributed by atoms with van der Waals surface area (Å²) in [6.45, 7) is 0. The summed E-state index contributed by atoms with van der Waals surface area (Å²) >= 11 is 0. The molecule has 1 atom stereocenters. The summed E-state index contributed by atoms with van der Waals surface area (Å²) in [5.41, 5.74) is 1.02. The predicted octanol–water partition coefficient (Wildman–Crippen LogP) is 0.723. The van der Waals surface area contributed by atoms with Crippen LogP contribution < -0.4 is 0 Å². The van der Waals surface area contributed by atoms with Crippen LogP contribution in [-0.2, 0) is 20.7 Å². The number of esters is 1. The molecule has 102 valence electrons. The van der Waals surface area contributed by atoms with E-state index in [1.165, 1.54) is 25.3 Å². The molecule has 0 aliphatic carbocycles. The van der Waals surface area contributed by atoms with E-state index in [4.69, 9.17) is 5.11 Å². The zero-order valence-electron chi connectivity index (χ0n) is 10.3. The molecule has 0 saturated carbocycles. The number of carboxylic acid groups (broad SMARTS) is 1. The predicted molar refractivity (Wildman–Crippen MR) is 64.8 cm³/mol. The first-order chi connectivity index (χ1) is 8.99. The van der Waals surface area contributed by atoms with E-state index in [1.54, 1.807) is 0 Å². The number of carbonyl (C=O) groups is 3. The monoisotopic (exact) mass is 266 g/mol. The largest absolute Gasteiger partial charge is 0.479 e. The standard InChI is InChI=1S/C13H14O6/c1-19-11(15)5-4-8-6-9(12(16)13(17)18)2-3-10(8)7-14/h2-3,6-7,12,16H,4-5H2,1H3,(H,17,18). The Morgan fingerprint density at radius 1 is 1.42 bits per heavy atom. The molecular weight excluding hydrogens is 252 g/mol. The van der Waals surface area contributed by atoms with Crippen molar-refractivity contribution in [3.8, 4) is 0 Å². The summed E-state index contributed by atoms with van der Waals surface area (Å²) in [5, 5.41) is 18.1. The molecule has 6 nitrogen and oxygen atoms in total. The van der Waals surface area contributed by atoms with Gasteiger partial charge in [-0.1, -0.05) is 18.2 Å². The quantitative estimate of drug-likeness (QED) is 0.581. The van der Waals surface area contributed by atoms with Crippen LogP contribution in [0.3, 0.4) is 0 Å². The molecule has 6 heteroatoms. The molecule has 2 N–H and O–H groups in total. The molecule has 0 spiro atoms. The van der Waals surface area contributed by atoms with Gasteiger partial charge in [0.25, 0.3) is 0 Å². The number of aryl methyl sites for hydroxylation is 1. The number of carboxylic acids is 1. The number of hydrogen-bond acceptors (Lipinski definition) is 5. The van der Waals surface area contributed by atoms with Crippen molar-refractivity contribution in [2.24, 2.45) is 0 Å². The van der Waals surface area contributed by atoms with E-state index in [1.807, 2.05) is 0 Å². The Morgan fingerprint density at radius 2 is 2.11 bits per heavy atom. The lowest BCUT2D eigenvalue weighted by Gasteiger charge is -2.10. The Labute approximate surface area is 109 Å². The average Bonchev–Trinajstić information content (AvgIpc) is 2.43. The molecule has 0 aliphatic heterocycles. The lowest BCUT2D eigenvalue weighted by Crippen LogP contribution is -2.11. The topological polar surface area (TPSA) is 101 Å². The second-order valence-electron chi connectivity index (χ2n) is 3.89. The Balaban J connectivity index is 2.99. The van der Waals surface area contributed by atoms with E-state index < -0.39 is 18.0 Å². The Hall–Kier alpha value is -2.21. The van der Waals surface area contributed by atoms with E-state index in [9.17, 15) is 19.5 Å². The third-order valence-electron chi connectivity index (χ3n) is 2.67. The maximum atomic E-state index is 11.1. The molecule has 19 heavy (non-hydrogen) atoms. The van der Waals surface area contributed by atoms with Crippen molar-refractivity contribution in [2.75, 3.05) is 7.11 Å². The van der Waals surface area contributed by atoms with Crippen LogP contribution in [0.15, 0.2) is 18.2 Å². The third kappa shape index (κ3) is 3.89. The highest BCUT2D eigenvalue weighted by atomic mass is 16.5. The molecule has 0 aliphatic rings. The maximum Gasteiger partial charge on any atom is 0.337 e. The molecule has 0 bridgehead atoms. The molecule has 0 amide bonds. The third-order valence-corrected chi connectivity index (χ3v) is 2.67. The van der Waals surface area contributed by atoms with Gasteiger partial charge in [0.15, 0.2) is 6.10 Å². The number of ether oxygens (including phenoxy) is 1. The molecule has 0 aromatic heterocycles. The van der Waals surface area contributed by atoms with Crippen LogP contribution in [0.25, 0.3) is 0 Å². The van der Waals surface area contributed by atoms with Gasteiger partial charge in [-0.2, -0.15) is 0 Å². The number of aliphatic hydroxyl groups is 1. The lowest BCUT2D eigenvalue weighted by atomic mass is 9.98. The van der Waals surface area contributed by atoms with Crippen LogP contribution in [0, 0.1) is 0 Å². The fraction of sp³-hybridized carbons (Fsp3) is 0.308. The summed E-state index contributed by atoms with van der Waals surface area (Å²) in [5.74, 6) is -1.81.